The molecule has 1 amide bonds. The number of benzene rings is 2. The van der Waals surface area contributed by atoms with Crippen LogP contribution < -0.4 is 21.2 Å². The number of ether oxygens (including phenoxy) is 1. The van der Waals surface area contributed by atoms with E-state index in [1.54, 1.807) is 12.1 Å². The molecule has 0 atom stereocenters. The predicted octanol–water partition coefficient (Wildman–Crippen LogP) is 2.49. The highest BCUT2D eigenvalue weighted by Gasteiger charge is 2.09. The molecule has 4 aromatic rings. The molecule has 0 aliphatic rings. The second-order valence-corrected chi connectivity index (χ2v) is 7.83. The minimum Gasteiger partial charge on any atom is -0.494 e. The molecule has 0 unspecified atom stereocenters. The Morgan fingerprint density at radius 2 is 1.64 bits per heavy atom. The lowest BCUT2D eigenvalue weighted by molar-refractivity contribution is -0.121. The zero-order chi connectivity index (χ0) is 25.5. The molecule has 36 heavy (non-hydrogen) atoms. The van der Waals surface area contributed by atoms with Crippen LogP contribution in [0.3, 0.4) is 0 Å². The standard InChI is InChI=1S/C26H24FN5O4/c1-2-36-21-9-5-19(6-10-21)23-15-26(35)31(17-29-23)14-13-28-24(33)16-32-25(34)12-11-22(30-32)18-3-7-20(27)8-4-18/h3-12,15,17H,2,13-14,16H2,1H3,(H,28,33). The minimum atomic E-state index is -0.443. The van der Waals surface area contributed by atoms with Crippen LogP contribution in [0.1, 0.15) is 6.92 Å². The second-order valence-electron chi connectivity index (χ2n) is 7.83. The summed E-state index contributed by atoms with van der Waals surface area (Å²) >= 11 is 0. The molecule has 0 radical (unpaired) electrons. The summed E-state index contributed by atoms with van der Waals surface area (Å²) in [6.45, 7) is 2.55. The molecule has 2 aromatic heterocycles. The van der Waals surface area contributed by atoms with Crippen molar-refractivity contribution in [1.82, 2.24) is 24.6 Å². The van der Waals surface area contributed by atoms with Gasteiger partial charge in [0.15, 0.2) is 0 Å². The lowest BCUT2D eigenvalue weighted by atomic mass is 10.1. The number of hydrogen-bond donors (Lipinski definition) is 1. The Labute approximate surface area is 205 Å². The molecule has 10 heteroatoms. The van der Waals surface area contributed by atoms with E-state index in [1.807, 2.05) is 31.2 Å². The number of amides is 1. The molecule has 0 aliphatic heterocycles. The van der Waals surface area contributed by atoms with Crippen molar-refractivity contribution in [3.8, 4) is 28.3 Å². The van der Waals surface area contributed by atoms with E-state index < -0.39 is 11.5 Å². The van der Waals surface area contributed by atoms with Crippen LogP contribution in [-0.4, -0.2) is 38.4 Å². The van der Waals surface area contributed by atoms with Crippen LogP contribution in [0.5, 0.6) is 5.75 Å². The first-order chi connectivity index (χ1) is 17.4. The van der Waals surface area contributed by atoms with Crippen molar-refractivity contribution in [3.63, 3.8) is 0 Å². The molecule has 0 bridgehead atoms. The molecule has 0 saturated heterocycles. The largest absolute Gasteiger partial charge is 0.494 e. The van der Waals surface area contributed by atoms with Crippen LogP contribution in [0.25, 0.3) is 22.5 Å². The second kappa shape index (κ2) is 11.2. The highest BCUT2D eigenvalue weighted by Crippen LogP contribution is 2.19. The zero-order valence-electron chi connectivity index (χ0n) is 19.6. The first kappa shape index (κ1) is 24.5. The normalized spacial score (nSPS) is 10.7. The van der Waals surface area contributed by atoms with Crippen LogP contribution in [0.15, 0.2) is 82.6 Å². The zero-order valence-corrected chi connectivity index (χ0v) is 19.6. The van der Waals surface area contributed by atoms with E-state index in [1.165, 1.54) is 41.2 Å². The van der Waals surface area contributed by atoms with Gasteiger partial charge in [-0.2, -0.15) is 5.10 Å². The fraction of sp³-hybridized carbons (Fsp3) is 0.192. The SMILES string of the molecule is CCOc1ccc(-c2cc(=O)n(CCNC(=O)Cn3nc(-c4ccc(F)cc4)ccc3=O)cn2)cc1. The highest BCUT2D eigenvalue weighted by atomic mass is 19.1. The van der Waals surface area contributed by atoms with Gasteiger partial charge in [0.25, 0.3) is 11.1 Å². The van der Waals surface area contributed by atoms with Gasteiger partial charge in [0.1, 0.15) is 18.1 Å². The van der Waals surface area contributed by atoms with Crippen molar-refractivity contribution in [2.45, 2.75) is 20.0 Å². The first-order valence-corrected chi connectivity index (χ1v) is 11.3. The van der Waals surface area contributed by atoms with Gasteiger partial charge < -0.3 is 10.1 Å². The first-order valence-electron chi connectivity index (χ1n) is 11.3. The maximum Gasteiger partial charge on any atom is 0.267 e. The number of nitrogens with zero attached hydrogens (tertiary/aromatic N) is 4. The Balaban J connectivity index is 1.34. The fourth-order valence-corrected chi connectivity index (χ4v) is 3.48. The maximum absolute atomic E-state index is 13.2. The number of halogens is 1. The molecule has 2 aromatic carbocycles. The average molecular weight is 490 g/mol. The van der Waals surface area contributed by atoms with Crippen molar-refractivity contribution in [2.24, 2.45) is 0 Å². The Kier molecular flexibility index (Phi) is 7.64. The highest BCUT2D eigenvalue weighted by molar-refractivity contribution is 5.75. The lowest BCUT2D eigenvalue weighted by Crippen LogP contribution is -2.36. The number of carbonyl (C=O) groups is 1. The molecule has 184 valence electrons. The van der Waals surface area contributed by atoms with Gasteiger partial charge >= 0.3 is 0 Å². The molecule has 0 fully saturated rings. The van der Waals surface area contributed by atoms with Gasteiger partial charge in [-0.15, -0.1) is 0 Å². The molecular weight excluding hydrogens is 465 g/mol. The van der Waals surface area contributed by atoms with Crippen LogP contribution in [0.4, 0.5) is 4.39 Å². The summed E-state index contributed by atoms with van der Waals surface area (Å²) < 4.78 is 21.0. The molecular formula is C26H24FN5O4. The summed E-state index contributed by atoms with van der Waals surface area (Å²) in [7, 11) is 0. The van der Waals surface area contributed by atoms with Gasteiger partial charge in [-0.3, -0.25) is 19.0 Å². The molecule has 0 spiro atoms. The van der Waals surface area contributed by atoms with Crippen molar-refractivity contribution in [1.29, 1.82) is 0 Å². The van der Waals surface area contributed by atoms with Gasteiger partial charge in [-0.1, -0.05) is 0 Å². The maximum atomic E-state index is 13.2. The fourth-order valence-electron chi connectivity index (χ4n) is 3.48. The van der Waals surface area contributed by atoms with Crippen LogP contribution in [0.2, 0.25) is 0 Å². The van der Waals surface area contributed by atoms with E-state index in [2.05, 4.69) is 15.4 Å². The summed E-state index contributed by atoms with van der Waals surface area (Å²) in [6, 6.07) is 17.2. The third kappa shape index (κ3) is 6.09. The van der Waals surface area contributed by atoms with Crippen molar-refractivity contribution in [3.05, 3.63) is 99.6 Å². The minimum absolute atomic E-state index is 0.162. The smallest absolute Gasteiger partial charge is 0.267 e. The van der Waals surface area contributed by atoms with Crippen molar-refractivity contribution in [2.75, 3.05) is 13.2 Å². The Morgan fingerprint density at radius 3 is 2.33 bits per heavy atom. The number of rotatable bonds is 9. The average Bonchev–Trinajstić information content (AvgIpc) is 2.87. The van der Waals surface area contributed by atoms with Gasteiger partial charge in [-0.05, 0) is 61.5 Å². The monoisotopic (exact) mass is 489 g/mol. The lowest BCUT2D eigenvalue weighted by Gasteiger charge is -2.10. The van der Waals surface area contributed by atoms with Crippen LogP contribution in [0, 0.1) is 5.82 Å². The van der Waals surface area contributed by atoms with E-state index in [9.17, 15) is 18.8 Å². The van der Waals surface area contributed by atoms with Crippen LogP contribution in [-0.2, 0) is 17.9 Å². The molecule has 9 nitrogen and oxygen atoms in total. The number of aromatic nitrogens is 4. The predicted molar refractivity (Wildman–Crippen MR) is 132 cm³/mol. The number of hydrogen-bond acceptors (Lipinski definition) is 6. The summed E-state index contributed by atoms with van der Waals surface area (Å²) in [5.74, 6) is -0.0792. The van der Waals surface area contributed by atoms with E-state index in [4.69, 9.17) is 4.74 Å². The van der Waals surface area contributed by atoms with Gasteiger partial charge in [0, 0.05) is 36.3 Å². The summed E-state index contributed by atoms with van der Waals surface area (Å²) in [5, 5.41) is 6.87. The van der Waals surface area contributed by atoms with Gasteiger partial charge in [-0.25, -0.2) is 14.1 Å². The van der Waals surface area contributed by atoms with Crippen molar-refractivity contribution >= 4 is 5.91 Å². The van der Waals surface area contributed by atoms with Crippen LogP contribution >= 0.6 is 0 Å². The van der Waals surface area contributed by atoms with E-state index >= 15 is 0 Å². The third-order valence-electron chi connectivity index (χ3n) is 5.32. The van der Waals surface area contributed by atoms with Gasteiger partial charge in [0.05, 0.1) is 24.3 Å². The third-order valence-corrected chi connectivity index (χ3v) is 5.32. The Bertz CT molecular complexity index is 1460. The number of nitrogens with one attached hydrogen (secondary N) is 1. The van der Waals surface area contributed by atoms with Gasteiger partial charge in [0.2, 0.25) is 5.91 Å². The van der Waals surface area contributed by atoms with E-state index in [0.717, 1.165) is 16.0 Å². The summed E-state index contributed by atoms with van der Waals surface area (Å²) in [5.41, 5.74) is 1.68. The quantitative estimate of drug-likeness (QED) is 0.387. The van der Waals surface area contributed by atoms with E-state index in [0.29, 0.717) is 23.6 Å². The number of carbonyl (C=O) groups excluding carboxylic acids is 1. The van der Waals surface area contributed by atoms with E-state index in [-0.39, 0.29) is 31.0 Å². The molecule has 0 aliphatic carbocycles. The Morgan fingerprint density at radius 1 is 0.944 bits per heavy atom. The van der Waals surface area contributed by atoms with Crippen molar-refractivity contribution < 1.29 is 13.9 Å². The Hall–Kier alpha value is -4.60. The molecule has 4 rings (SSSR count). The topological polar surface area (TPSA) is 108 Å². The summed E-state index contributed by atoms with van der Waals surface area (Å²) in [4.78, 5) is 41.3. The molecule has 1 N–H and O–H groups in total. The molecule has 2 heterocycles. The summed E-state index contributed by atoms with van der Waals surface area (Å²) in [6.07, 6.45) is 1.43. The molecule has 0 saturated carbocycles.